The number of aromatic nitrogens is 1. The van der Waals surface area contributed by atoms with Crippen molar-refractivity contribution in [2.24, 2.45) is 5.10 Å². The van der Waals surface area contributed by atoms with E-state index in [2.05, 4.69) is 47.4 Å². The van der Waals surface area contributed by atoms with Crippen LogP contribution in [0.4, 0.5) is 5.13 Å². The minimum absolute atomic E-state index is 0.172. The molecule has 21 heavy (non-hydrogen) atoms. The topological polar surface area (TPSA) is 57.5 Å². The molecule has 7 heteroatoms. The molecule has 0 fully saturated rings. The normalized spacial score (nSPS) is 11.3. The van der Waals surface area contributed by atoms with E-state index in [4.69, 9.17) is 0 Å². The molecule has 0 aliphatic carbocycles. The van der Waals surface area contributed by atoms with E-state index in [0.717, 1.165) is 20.9 Å². The van der Waals surface area contributed by atoms with E-state index in [9.17, 15) is 5.11 Å². The van der Waals surface area contributed by atoms with Crippen LogP contribution < -0.4 is 5.43 Å². The number of anilines is 1. The van der Waals surface area contributed by atoms with E-state index in [1.165, 1.54) is 0 Å². The molecular weight excluding hydrogens is 418 g/mol. The van der Waals surface area contributed by atoms with Crippen LogP contribution in [0.5, 0.6) is 5.75 Å². The Labute approximate surface area is 141 Å². The molecule has 0 spiro atoms. The summed E-state index contributed by atoms with van der Waals surface area (Å²) in [7, 11) is 0. The molecule has 2 aromatic carbocycles. The number of hydrazone groups is 1. The van der Waals surface area contributed by atoms with Crippen molar-refractivity contribution in [2.45, 2.75) is 0 Å². The Hall–Kier alpha value is -1.44. The van der Waals surface area contributed by atoms with Gasteiger partial charge in [0, 0.05) is 0 Å². The number of nitrogens with one attached hydrogen (secondary N) is 1. The summed E-state index contributed by atoms with van der Waals surface area (Å²) >= 11 is 8.12. The number of phenolic OH excluding ortho intramolecular Hbond substituents is 1. The standard InChI is InChI=1S/C14H9Br2N3OS/c15-9-5-8(6-10(16)13(9)20)7-17-19-14-18-11-3-1-2-4-12(11)21-14/h1-7,20H,(H,18,19)/b17-7-. The number of benzene rings is 2. The molecule has 0 radical (unpaired) electrons. The van der Waals surface area contributed by atoms with Gasteiger partial charge in [0.1, 0.15) is 5.75 Å². The zero-order chi connectivity index (χ0) is 14.8. The highest BCUT2D eigenvalue weighted by Crippen LogP contribution is 2.32. The molecule has 2 N–H and O–H groups in total. The number of nitrogens with zero attached hydrogens (tertiary/aromatic N) is 2. The maximum Gasteiger partial charge on any atom is 0.204 e. The lowest BCUT2D eigenvalue weighted by molar-refractivity contribution is 0.468. The molecule has 0 saturated heterocycles. The predicted molar refractivity (Wildman–Crippen MR) is 94.3 cm³/mol. The van der Waals surface area contributed by atoms with Crippen molar-refractivity contribution in [3.05, 3.63) is 50.9 Å². The van der Waals surface area contributed by atoms with Crippen molar-refractivity contribution in [1.82, 2.24) is 4.98 Å². The van der Waals surface area contributed by atoms with Gasteiger partial charge in [0.25, 0.3) is 0 Å². The second kappa shape index (κ2) is 6.13. The molecule has 1 aromatic heterocycles. The van der Waals surface area contributed by atoms with Gasteiger partial charge in [-0.25, -0.2) is 4.98 Å². The summed E-state index contributed by atoms with van der Waals surface area (Å²) < 4.78 is 2.34. The highest BCUT2D eigenvalue weighted by molar-refractivity contribution is 9.11. The number of rotatable bonds is 3. The van der Waals surface area contributed by atoms with Crippen LogP contribution >= 0.6 is 43.2 Å². The fourth-order valence-electron chi connectivity index (χ4n) is 1.74. The molecule has 0 amide bonds. The molecule has 0 bridgehead atoms. The zero-order valence-corrected chi connectivity index (χ0v) is 14.5. The van der Waals surface area contributed by atoms with Crippen molar-refractivity contribution in [3.63, 3.8) is 0 Å². The lowest BCUT2D eigenvalue weighted by Crippen LogP contribution is -1.90. The highest BCUT2D eigenvalue weighted by atomic mass is 79.9. The molecule has 106 valence electrons. The van der Waals surface area contributed by atoms with Crippen LogP contribution in [0.3, 0.4) is 0 Å². The number of phenols is 1. The lowest BCUT2D eigenvalue weighted by atomic mass is 10.2. The van der Waals surface area contributed by atoms with Gasteiger partial charge in [-0.2, -0.15) is 5.10 Å². The van der Waals surface area contributed by atoms with Crippen LogP contribution in [-0.2, 0) is 0 Å². The molecule has 4 nitrogen and oxygen atoms in total. The lowest BCUT2D eigenvalue weighted by Gasteiger charge is -2.01. The van der Waals surface area contributed by atoms with E-state index < -0.39 is 0 Å². The zero-order valence-electron chi connectivity index (χ0n) is 10.5. The summed E-state index contributed by atoms with van der Waals surface area (Å²) in [6.45, 7) is 0. The Morgan fingerprint density at radius 2 is 1.90 bits per heavy atom. The Morgan fingerprint density at radius 3 is 2.62 bits per heavy atom. The molecule has 1 heterocycles. The Morgan fingerprint density at radius 1 is 1.19 bits per heavy atom. The summed E-state index contributed by atoms with van der Waals surface area (Å²) in [5.41, 5.74) is 4.72. The Kier molecular flexibility index (Phi) is 4.23. The fourth-order valence-corrected chi connectivity index (χ4v) is 3.78. The van der Waals surface area contributed by atoms with Crippen molar-refractivity contribution in [1.29, 1.82) is 0 Å². The fraction of sp³-hybridized carbons (Fsp3) is 0. The number of hydrogen-bond acceptors (Lipinski definition) is 5. The summed E-state index contributed by atoms with van der Waals surface area (Å²) in [5.74, 6) is 0.172. The van der Waals surface area contributed by atoms with E-state index in [-0.39, 0.29) is 5.75 Å². The minimum Gasteiger partial charge on any atom is -0.506 e. The summed E-state index contributed by atoms with van der Waals surface area (Å²) in [5, 5.41) is 14.6. The summed E-state index contributed by atoms with van der Waals surface area (Å²) in [6, 6.07) is 11.5. The number of aromatic hydroxyl groups is 1. The highest BCUT2D eigenvalue weighted by Gasteiger charge is 2.05. The van der Waals surface area contributed by atoms with Gasteiger partial charge in [-0.05, 0) is 61.7 Å². The van der Waals surface area contributed by atoms with Crippen LogP contribution in [0.25, 0.3) is 10.2 Å². The second-order valence-electron chi connectivity index (χ2n) is 4.19. The molecule has 0 saturated carbocycles. The quantitative estimate of drug-likeness (QED) is 0.459. The van der Waals surface area contributed by atoms with Crippen molar-refractivity contribution < 1.29 is 5.11 Å². The molecule has 3 rings (SSSR count). The number of halogens is 2. The van der Waals surface area contributed by atoms with Crippen molar-refractivity contribution >= 4 is 64.8 Å². The van der Waals surface area contributed by atoms with E-state index in [1.807, 2.05) is 24.3 Å². The third-order valence-corrected chi connectivity index (χ3v) is 4.86. The van der Waals surface area contributed by atoms with Gasteiger partial charge < -0.3 is 5.11 Å². The third-order valence-electron chi connectivity index (χ3n) is 2.71. The average Bonchev–Trinajstić information content (AvgIpc) is 2.87. The number of para-hydroxylation sites is 1. The van der Waals surface area contributed by atoms with Crippen molar-refractivity contribution in [2.75, 3.05) is 5.43 Å². The van der Waals surface area contributed by atoms with E-state index >= 15 is 0 Å². The van der Waals surface area contributed by atoms with Crippen LogP contribution in [0, 0.1) is 0 Å². The monoisotopic (exact) mass is 425 g/mol. The van der Waals surface area contributed by atoms with Crippen LogP contribution in [-0.4, -0.2) is 16.3 Å². The van der Waals surface area contributed by atoms with Gasteiger partial charge in [-0.1, -0.05) is 23.5 Å². The Bertz CT molecular complexity index is 776. The van der Waals surface area contributed by atoms with Crippen LogP contribution in [0.2, 0.25) is 0 Å². The maximum atomic E-state index is 9.65. The summed E-state index contributed by atoms with van der Waals surface area (Å²) in [4.78, 5) is 4.43. The first-order valence-corrected chi connectivity index (χ1v) is 8.36. The number of hydrogen-bond donors (Lipinski definition) is 2. The number of fused-ring (bicyclic) bond motifs is 1. The summed E-state index contributed by atoms with van der Waals surface area (Å²) in [6.07, 6.45) is 1.67. The first-order chi connectivity index (χ1) is 10.1. The first-order valence-electron chi connectivity index (χ1n) is 5.96. The first kappa shape index (κ1) is 14.5. The molecule has 0 aliphatic rings. The van der Waals surface area contributed by atoms with Crippen LogP contribution in [0.1, 0.15) is 5.56 Å². The Balaban J connectivity index is 1.77. The third kappa shape index (κ3) is 3.25. The average molecular weight is 427 g/mol. The van der Waals surface area contributed by atoms with Crippen LogP contribution in [0.15, 0.2) is 50.4 Å². The maximum absolute atomic E-state index is 9.65. The molecule has 0 aliphatic heterocycles. The number of thiazole rings is 1. The minimum atomic E-state index is 0.172. The molecular formula is C14H9Br2N3OS. The van der Waals surface area contributed by atoms with Crippen molar-refractivity contribution in [3.8, 4) is 5.75 Å². The van der Waals surface area contributed by atoms with Gasteiger partial charge in [0.2, 0.25) is 5.13 Å². The smallest absolute Gasteiger partial charge is 0.204 e. The van der Waals surface area contributed by atoms with E-state index in [0.29, 0.717) is 8.95 Å². The predicted octanol–water partition coefficient (Wildman–Crippen LogP) is 4.97. The van der Waals surface area contributed by atoms with Gasteiger partial charge in [0.05, 0.1) is 25.4 Å². The van der Waals surface area contributed by atoms with Gasteiger partial charge in [-0.15, -0.1) is 0 Å². The van der Waals surface area contributed by atoms with Gasteiger partial charge in [0.15, 0.2) is 0 Å². The van der Waals surface area contributed by atoms with E-state index in [1.54, 1.807) is 29.7 Å². The van der Waals surface area contributed by atoms with Gasteiger partial charge >= 0.3 is 0 Å². The molecule has 0 unspecified atom stereocenters. The SMILES string of the molecule is Oc1c(Br)cc(/C=N\Nc2nc3ccccc3s2)cc1Br. The van der Waals surface area contributed by atoms with Gasteiger partial charge in [-0.3, -0.25) is 5.43 Å². The molecule has 0 atom stereocenters. The second-order valence-corrected chi connectivity index (χ2v) is 6.93. The largest absolute Gasteiger partial charge is 0.506 e. The molecule has 3 aromatic rings.